The van der Waals surface area contributed by atoms with E-state index >= 15 is 0 Å². The van der Waals surface area contributed by atoms with Gasteiger partial charge in [-0.1, -0.05) is 52.3 Å². The van der Waals surface area contributed by atoms with E-state index in [2.05, 4.69) is 85.7 Å². The minimum atomic E-state index is -2.01. The van der Waals surface area contributed by atoms with Gasteiger partial charge in [0.05, 0.1) is 17.4 Å². The first-order valence-electron chi connectivity index (χ1n) is 15.4. The molecule has 0 aliphatic carbocycles. The molecule has 44 heavy (non-hydrogen) atoms. The summed E-state index contributed by atoms with van der Waals surface area (Å²) in [5.74, 6) is 0.454. The van der Waals surface area contributed by atoms with Crippen molar-refractivity contribution in [2.75, 3.05) is 25.6 Å². The third kappa shape index (κ3) is 7.04. The van der Waals surface area contributed by atoms with Gasteiger partial charge < -0.3 is 13.6 Å². The molecule has 236 valence electrons. The van der Waals surface area contributed by atoms with Gasteiger partial charge in [0, 0.05) is 70.3 Å². The van der Waals surface area contributed by atoms with Crippen molar-refractivity contribution in [1.82, 2.24) is 0 Å². The number of carbonyl (C=O) groups excluding carboxylic acids is 1. The first kappa shape index (κ1) is 34.1. The zero-order chi connectivity index (χ0) is 32.2. The van der Waals surface area contributed by atoms with Crippen LogP contribution in [-0.4, -0.2) is 45.5 Å². The van der Waals surface area contributed by atoms with Gasteiger partial charge in [0.25, 0.3) is 0 Å². The van der Waals surface area contributed by atoms with Crippen LogP contribution in [0.5, 0.6) is 0 Å². The SMILES string of the molecule is COSc1ccc2c(c1)C(C)(C)\C(=C/C=C/C=C/C1=[N+](C)c3ccc(S(=O)O)cc3C1(C)C)N2CCCCCC(=O)C(C)C. The highest BCUT2D eigenvalue weighted by molar-refractivity contribution is 7.94. The topological polar surface area (TPSA) is 69.9 Å². The molecule has 2 heterocycles. The van der Waals surface area contributed by atoms with E-state index in [1.165, 1.54) is 29.0 Å². The Labute approximate surface area is 270 Å². The molecule has 1 unspecified atom stereocenters. The molecule has 0 spiro atoms. The molecule has 0 saturated heterocycles. The van der Waals surface area contributed by atoms with E-state index in [4.69, 9.17) is 4.18 Å². The minimum absolute atomic E-state index is 0.107. The number of hydrogen-bond acceptors (Lipinski definition) is 5. The first-order valence-corrected chi connectivity index (χ1v) is 17.2. The van der Waals surface area contributed by atoms with Crippen molar-refractivity contribution >= 4 is 46.0 Å². The van der Waals surface area contributed by atoms with E-state index < -0.39 is 11.1 Å². The van der Waals surface area contributed by atoms with E-state index in [-0.39, 0.29) is 16.7 Å². The lowest BCUT2D eigenvalue weighted by Gasteiger charge is -2.27. The molecule has 0 saturated carbocycles. The van der Waals surface area contributed by atoms with Gasteiger partial charge >= 0.3 is 0 Å². The number of rotatable bonds is 13. The van der Waals surface area contributed by atoms with Crippen molar-refractivity contribution in [3.8, 4) is 0 Å². The molecule has 0 aromatic heterocycles. The molecule has 2 aliphatic rings. The van der Waals surface area contributed by atoms with Crippen LogP contribution in [0.15, 0.2) is 82.3 Å². The summed E-state index contributed by atoms with van der Waals surface area (Å²) in [6, 6.07) is 12.1. The molecule has 0 bridgehead atoms. The summed E-state index contributed by atoms with van der Waals surface area (Å²) in [5.41, 5.74) is 6.51. The Morgan fingerprint density at radius 3 is 2.45 bits per heavy atom. The van der Waals surface area contributed by atoms with E-state index in [0.29, 0.717) is 17.1 Å². The lowest BCUT2D eigenvalue weighted by Crippen LogP contribution is -2.27. The van der Waals surface area contributed by atoms with Gasteiger partial charge in [-0.05, 0) is 68.7 Å². The van der Waals surface area contributed by atoms with Crippen molar-refractivity contribution in [1.29, 1.82) is 0 Å². The fraction of sp³-hybridized carbons (Fsp3) is 0.444. The maximum absolute atomic E-state index is 12.1. The monoisotopic (exact) mass is 635 g/mol. The van der Waals surface area contributed by atoms with E-state index in [1.54, 1.807) is 13.2 Å². The number of unbranched alkanes of at least 4 members (excludes halogenated alkanes) is 2. The van der Waals surface area contributed by atoms with Crippen molar-refractivity contribution < 1.29 is 22.3 Å². The molecule has 2 aliphatic heterocycles. The standard InChI is InChI=1S/C36H46N2O4S2/c1-25(2)32(39)15-11-10-14-22-38-31-20-18-26(43-42-8)23-28(31)36(5,6)34(38)17-13-9-12-16-33-35(3,4)29-24-27(44(40)41)19-21-30(29)37(33)7/h9,12-13,16-21,23-25H,10-11,14-15,22H2,1-8H3/p+1. The smallest absolute Gasteiger partial charge is 0.209 e. The van der Waals surface area contributed by atoms with Gasteiger partial charge in [-0.3, -0.25) is 4.79 Å². The summed E-state index contributed by atoms with van der Waals surface area (Å²) in [5, 5.41) is 0. The summed E-state index contributed by atoms with van der Waals surface area (Å²) < 4.78 is 28.8. The number of hydrogen-bond donors (Lipinski definition) is 1. The van der Waals surface area contributed by atoms with Crippen LogP contribution >= 0.6 is 12.0 Å². The van der Waals surface area contributed by atoms with Crippen LogP contribution in [0.1, 0.15) is 78.4 Å². The Bertz CT molecular complexity index is 1550. The number of Topliss-reactive ketones (excluding diaryl/α,β-unsaturated/α-hetero) is 1. The summed E-state index contributed by atoms with van der Waals surface area (Å²) in [6.45, 7) is 13.7. The minimum Gasteiger partial charge on any atom is -0.344 e. The Balaban J connectivity index is 1.55. The second kappa shape index (κ2) is 14.1. The number of benzene rings is 2. The molecular weight excluding hydrogens is 589 g/mol. The van der Waals surface area contributed by atoms with E-state index in [1.807, 2.05) is 33.0 Å². The van der Waals surface area contributed by atoms with Crippen molar-refractivity contribution in [3.63, 3.8) is 0 Å². The van der Waals surface area contributed by atoms with Gasteiger partial charge in [-0.2, -0.15) is 4.58 Å². The average Bonchev–Trinajstić information content (AvgIpc) is 3.30. The van der Waals surface area contributed by atoms with Crippen molar-refractivity contribution in [2.24, 2.45) is 5.92 Å². The predicted octanol–water partition coefficient (Wildman–Crippen LogP) is 8.51. The molecule has 0 amide bonds. The van der Waals surface area contributed by atoms with Crippen LogP contribution < -0.4 is 4.90 Å². The number of ketones is 1. The number of allylic oxidation sites excluding steroid dienone is 6. The van der Waals surface area contributed by atoms with Crippen LogP contribution in [0, 0.1) is 5.92 Å². The number of fused-ring (bicyclic) bond motifs is 2. The third-order valence-electron chi connectivity index (χ3n) is 8.93. The zero-order valence-corrected chi connectivity index (χ0v) is 29.0. The summed E-state index contributed by atoms with van der Waals surface area (Å²) >= 11 is -0.628. The lowest BCUT2D eigenvalue weighted by molar-refractivity contribution is -0.401. The highest BCUT2D eigenvalue weighted by Crippen LogP contribution is 2.49. The summed E-state index contributed by atoms with van der Waals surface area (Å²) in [6.07, 6.45) is 14.2. The maximum Gasteiger partial charge on any atom is 0.209 e. The Kier molecular flexibility index (Phi) is 10.9. The molecule has 1 N–H and O–H groups in total. The highest BCUT2D eigenvalue weighted by Gasteiger charge is 2.43. The molecule has 1 atom stereocenters. The second-order valence-electron chi connectivity index (χ2n) is 12.9. The van der Waals surface area contributed by atoms with Crippen LogP contribution in [0.4, 0.5) is 11.4 Å². The van der Waals surface area contributed by atoms with Gasteiger partial charge in [-0.15, -0.1) is 0 Å². The third-order valence-corrected chi connectivity index (χ3v) is 10.2. The van der Waals surface area contributed by atoms with E-state index in [0.717, 1.165) is 47.7 Å². The Hall–Kier alpha value is -2.78. The molecule has 6 nitrogen and oxygen atoms in total. The fourth-order valence-electron chi connectivity index (χ4n) is 6.36. The largest absolute Gasteiger partial charge is 0.344 e. The van der Waals surface area contributed by atoms with Gasteiger partial charge in [-0.25, -0.2) is 4.21 Å². The van der Waals surface area contributed by atoms with Crippen LogP contribution in [-0.2, 0) is 30.9 Å². The van der Waals surface area contributed by atoms with Crippen molar-refractivity contribution in [2.45, 2.75) is 87.8 Å². The maximum atomic E-state index is 12.1. The quantitative estimate of drug-likeness (QED) is 0.0783. The molecular formula is C36H47N2O4S2+. The second-order valence-corrected chi connectivity index (χ2v) is 14.9. The van der Waals surface area contributed by atoms with Crippen LogP contribution in [0.3, 0.4) is 0 Å². The summed E-state index contributed by atoms with van der Waals surface area (Å²) in [4.78, 5) is 16.0. The highest BCUT2D eigenvalue weighted by atomic mass is 32.2. The number of carbonyl (C=O) groups is 1. The number of anilines is 1. The molecule has 8 heteroatoms. The summed E-state index contributed by atoms with van der Waals surface area (Å²) in [7, 11) is 3.73. The normalized spacial score (nSPS) is 18.7. The Morgan fingerprint density at radius 2 is 1.77 bits per heavy atom. The zero-order valence-electron chi connectivity index (χ0n) is 27.3. The van der Waals surface area contributed by atoms with Gasteiger partial charge in [0.15, 0.2) is 16.8 Å². The molecule has 2 aromatic carbocycles. The van der Waals surface area contributed by atoms with Crippen LogP contribution in [0.2, 0.25) is 0 Å². The average molecular weight is 636 g/mol. The lowest BCUT2D eigenvalue weighted by atomic mass is 9.81. The van der Waals surface area contributed by atoms with Gasteiger partial charge in [0.1, 0.15) is 12.8 Å². The molecule has 0 radical (unpaired) electrons. The number of nitrogens with zero attached hydrogens (tertiary/aromatic N) is 2. The fourth-order valence-corrected chi connectivity index (χ4v) is 7.24. The van der Waals surface area contributed by atoms with E-state index in [9.17, 15) is 13.6 Å². The first-order chi connectivity index (χ1) is 20.8. The molecule has 0 fully saturated rings. The van der Waals surface area contributed by atoms with Crippen molar-refractivity contribution in [3.05, 3.63) is 83.6 Å². The van der Waals surface area contributed by atoms with Crippen LogP contribution in [0.25, 0.3) is 0 Å². The molecule has 4 rings (SSSR count). The predicted molar refractivity (Wildman–Crippen MR) is 184 cm³/mol. The Morgan fingerprint density at radius 1 is 1.02 bits per heavy atom. The van der Waals surface area contributed by atoms with Gasteiger partial charge in [0.2, 0.25) is 5.69 Å². The molecule has 2 aromatic rings.